The first kappa shape index (κ1) is 11.8. The molecule has 2 nitrogen and oxygen atoms in total. The summed E-state index contributed by atoms with van der Waals surface area (Å²) < 4.78 is 0. The van der Waals surface area contributed by atoms with Gasteiger partial charge in [-0.2, -0.15) is 0 Å². The van der Waals surface area contributed by atoms with Gasteiger partial charge in [-0.3, -0.25) is 0 Å². The van der Waals surface area contributed by atoms with Gasteiger partial charge in [-0.15, -0.1) is 0 Å². The number of nitrogens with one attached hydrogen (secondary N) is 2. The summed E-state index contributed by atoms with van der Waals surface area (Å²) in [6, 6.07) is 10.9. The lowest BCUT2D eigenvalue weighted by atomic mass is 10.1. The highest BCUT2D eigenvalue weighted by atomic mass is 14.7. The number of hydrogen-bond donors (Lipinski definition) is 2. The van der Waals surface area contributed by atoms with E-state index in [1.54, 1.807) is 5.56 Å². The number of aromatic nitrogens is 2. The fourth-order valence-electron chi connectivity index (χ4n) is 3.43. The number of para-hydroxylation sites is 1. The number of aromatic amines is 2. The van der Waals surface area contributed by atoms with Crippen molar-refractivity contribution in [1.29, 1.82) is 0 Å². The average Bonchev–Trinajstić information content (AvgIpc) is 2.98. The summed E-state index contributed by atoms with van der Waals surface area (Å²) >= 11 is 0. The Morgan fingerprint density at radius 1 is 1.00 bits per heavy atom. The molecule has 1 aliphatic carbocycles. The maximum atomic E-state index is 3.66. The Hall–Kier alpha value is -1.96. The Balaban J connectivity index is 1.66. The molecule has 0 amide bonds. The highest BCUT2D eigenvalue weighted by Gasteiger charge is 2.12. The third kappa shape index (κ3) is 2.05. The van der Waals surface area contributed by atoms with Gasteiger partial charge < -0.3 is 9.97 Å². The molecule has 2 heterocycles. The number of fused-ring (bicyclic) bond motifs is 2. The van der Waals surface area contributed by atoms with E-state index in [0.29, 0.717) is 0 Å². The Kier molecular flexibility index (Phi) is 2.87. The molecule has 3 aromatic rings. The lowest BCUT2D eigenvalue weighted by Gasteiger charge is -1.98. The normalized spacial score (nSPS) is 15.2. The molecular formula is C18H20N2. The van der Waals surface area contributed by atoms with Crippen LogP contribution < -0.4 is 0 Å². The van der Waals surface area contributed by atoms with Crippen molar-refractivity contribution in [2.75, 3.05) is 0 Å². The van der Waals surface area contributed by atoms with Gasteiger partial charge in [0, 0.05) is 34.9 Å². The molecule has 20 heavy (non-hydrogen) atoms. The van der Waals surface area contributed by atoms with Crippen LogP contribution in [0, 0.1) is 0 Å². The molecular weight excluding hydrogens is 244 g/mol. The number of benzene rings is 1. The predicted molar refractivity (Wildman–Crippen MR) is 83.2 cm³/mol. The van der Waals surface area contributed by atoms with Crippen molar-refractivity contribution in [3.63, 3.8) is 0 Å². The number of rotatable bonds is 2. The third-order valence-corrected chi connectivity index (χ3v) is 4.48. The van der Waals surface area contributed by atoms with Crippen LogP contribution in [-0.2, 0) is 19.3 Å². The summed E-state index contributed by atoms with van der Waals surface area (Å²) in [6.45, 7) is 0. The van der Waals surface area contributed by atoms with Gasteiger partial charge in [0.15, 0.2) is 0 Å². The summed E-state index contributed by atoms with van der Waals surface area (Å²) in [5, 5.41) is 1.34. The minimum absolute atomic E-state index is 0.997. The maximum absolute atomic E-state index is 3.66. The Morgan fingerprint density at radius 2 is 1.90 bits per heavy atom. The number of hydrogen-bond acceptors (Lipinski definition) is 0. The first-order valence-electron chi connectivity index (χ1n) is 7.65. The summed E-state index contributed by atoms with van der Waals surface area (Å²) in [5.74, 6) is 0. The van der Waals surface area contributed by atoms with Crippen molar-refractivity contribution in [2.45, 2.75) is 38.5 Å². The molecule has 0 fully saturated rings. The van der Waals surface area contributed by atoms with E-state index in [2.05, 4.69) is 46.5 Å². The fraction of sp³-hybridized carbons (Fsp3) is 0.333. The molecule has 0 spiro atoms. The van der Waals surface area contributed by atoms with Crippen molar-refractivity contribution >= 4 is 10.9 Å². The van der Waals surface area contributed by atoms with Crippen molar-refractivity contribution < 1.29 is 0 Å². The largest absolute Gasteiger partial charge is 0.362 e. The SMILES string of the molecule is c1ccc2c(Cc3cc4c([nH]3)CCCCC4)c[nH]c2c1. The molecule has 1 aliphatic rings. The molecule has 0 saturated heterocycles. The van der Waals surface area contributed by atoms with Crippen LogP contribution in [0.2, 0.25) is 0 Å². The molecule has 2 aromatic heterocycles. The second-order valence-electron chi connectivity index (χ2n) is 5.90. The first-order chi connectivity index (χ1) is 9.90. The van der Waals surface area contributed by atoms with Gasteiger partial charge in [0.25, 0.3) is 0 Å². The predicted octanol–water partition coefficient (Wildman–Crippen LogP) is 4.36. The molecule has 0 saturated carbocycles. The molecule has 0 aliphatic heterocycles. The average molecular weight is 264 g/mol. The van der Waals surface area contributed by atoms with Gasteiger partial charge in [0.05, 0.1) is 0 Å². The molecule has 102 valence electrons. The lowest BCUT2D eigenvalue weighted by molar-refractivity contribution is 0.706. The summed E-state index contributed by atoms with van der Waals surface area (Å²) in [6.07, 6.45) is 9.67. The van der Waals surface area contributed by atoms with Gasteiger partial charge >= 0.3 is 0 Å². The quantitative estimate of drug-likeness (QED) is 0.645. The highest BCUT2D eigenvalue weighted by Crippen LogP contribution is 2.25. The standard InChI is InChI=1S/C18H20N2/c1-2-6-13-10-15(20-17(13)8-3-1)11-14-12-19-18-9-5-4-7-16(14)18/h4-5,7,9-10,12,19-20H,1-3,6,8,11H2. The Bertz CT molecular complexity index is 709. The third-order valence-electron chi connectivity index (χ3n) is 4.48. The van der Waals surface area contributed by atoms with Gasteiger partial charge in [-0.05, 0) is 48.9 Å². The molecule has 2 heteroatoms. The van der Waals surface area contributed by atoms with Crippen LogP contribution in [0.5, 0.6) is 0 Å². The fourth-order valence-corrected chi connectivity index (χ4v) is 3.43. The topological polar surface area (TPSA) is 31.6 Å². The molecule has 4 rings (SSSR count). The van der Waals surface area contributed by atoms with E-state index >= 15 is 0 Å². The molecule has 1 aromatic carbocycles. The minimum Gasteiger partial charge on any atom is -0.362 e. The van der Waals surface area contributed by atoms with Crippen LogP contribution in [0.25, 0.3) is 10.9 Å². The van der Waals surface area contributed by atoms with E-state index in [1.165, 1.54) is 60.0 Å². The zero-order chi connectivity index (χ0) is 13.4. The lowest BCUT2D eigenvalue weighted by Crippen LogP contribution is -1.89. The van der Waals surface area contributed by atoms with Crippen molar-refractivity contribution in [3.8, 4) is 0 Å². The van der Waals surface area contributed by atoms with Crippen LogP contribution in [0.4, 0.5) is 0 Å². The number of H-pyrrole nitrogens is 2. The number of aryl methyl sites for hydroxylation is 2. The minimum atomic E-state index is 0.997. The van der Waals surface area contributed by atoms with E-state index in [0.717, 1.165) is 6.42 Å². The highest BCUT2D eigenvalue weighted by molar-refractivity contribution is 5.83. The van der Waals surface area contributed by atoms with Crippen molar-refractivity contribution in [1.82, 2.24) is 9.97 Å². The second-order valence-corrected chi connectivity index (χ2v) is 5.90. The van der Waals surface area contributed by atoms with E-state index in [9.17, 15) is 0 Å². The summed E-state index contributed by atoms with van der Waals surface area (Å²) in [7, 11) is 0. The van der Waals surface area contributed by atoms with Crippen LogP contribution in [-0.4, -0.2) is 9.97 Å². The second kappa shape index (κ2) is 4.86. The van der Waals surface area contributed by atoms with E-state index in [4.69, 9.17) is 0 Å². The van der Waals surface area contributed by atoms with E-state index < -0.39 is 0 Å². The summed E-state index contributed by atoms with van der Waals surface area (Å²) in [4.78, 5) is 7.03. The zero-order valence-electron chi connectivity index (χ0n) is 11.7. The molecule has 0 unspecified atom stereocenters. The maximum Gasteiger partial charge on any atom is 0.0456 e. The molecule has 2 N–H and O–H groups in total. The Morgan fingerprint density at radius 3 is 2.90 bits per heavy atom. The van der Waals surface area contributed by atoms with E-state index in [1.807, 2.05) is 0 Å². The van der Waals surface area contributed by atoms with Crippen LogP contribution in [0.3, 0.4) is 0 Å². The molecule has 0 bridgehead atoms. The van der Waals surface area contributed by atoms with Crippen LogP contribution >= 0.6 is 0 Å². The van der Waals surface area contributed by atoms with E-state index in [-0.39, 0.29) is 0 Å². The van der Waals surface area contributed by atoms with Gasteiger partial charge in [0.1, 0.15) is 0 Å². The van der Waals surface area contributed by atoms with Crippen LogP contribution in [0.15, 0.2) is 36.5 Å². The zero-order valence-corrected chi connectivity index (χ0v) is 11.7. The van der Waals surface area contributed by atoms with Gasteiger partial charge in [-0.25, -0.2) is 0 Å². The van der Waals surface area contributed by atoms with Crippen molar-refractivity contribution in [2.24, 2.45) is 0 Å². The smallest absolute Gasteiger partial charge is 0.0456 e. The van der Waals surface area contributed by atoms with Gasteiger partial charge in [0.2, 0.25) is 0 Å². The molecule has 0 atom stereocenters. The first-order valence-corrected chi connectivity index (χ1v) is 7.65. The summed E-state index contributed by atoms with van der Waals surface area (Å²) in [5.41, 5.74) is 7.02. The van der Waals surface area contributed by atoms with Gasteiger partial charge in [-0.1, -0.05) is 24.6 Å². The molecule has 0 radical (unpaired) electrons. The monoisotopic (exact) mass is 264 g/mol. The van der Waals surface area contributed by atoms with Crippen molar-refractivity contribution in [3.05, 3.63) is 59.0 Å². The Labute approximate surface area is 119 Å². The van der Waals surface area contributed by atoms with Crippen LogP contribution in [0.1, 0.15) is 41.8 Å².